The highest BCUT2D eigenvalue weighted by Crippen LogP contribution is 2.32. The molecule has 2 aromatic carbocycles. The molecule has 0 aromatic heterocycles. The lowest BCUT2D eigenvalue weighted by atomic mass is 9.93. The molecular formula is C16H13ClO2. The van der Waals surface area contributed by atoms with Crippen molar-refractivity contribution in [2.45, 2.75) is 12.2 Å². The van der Waals surface area contributed by atoms with Crippen LogP contribution in [0.1, 0.15) is 17.2 Å². The Morgan fingerprint density at radius 1 is 1.00 bits per heavy atom. The molecule has 0 saturated carbocycles. The molecule has 0 fully saturated rings. The summed E-state index contributed by atoms with van der Waals surface area (Å²) in [6, 6.07) is 15.0. The van der Waals surface area contributed by atoms with Crippen molar-refractivity contribution in [3.05, 3.63) is 70.8 Å². The number of benzene rings is 2. The largest absolute Gasteiger partial charge is 0.482 e. The first kappa shape index (κ1) is 12.3. The molecule has 0 heterocycles. The summed E-state index contributed by atoms with van der Waals surface area (Å²) >= 11 is 6.06. The topological polar surface area (TPSA) is 29.5 Å². The Morgan fingerprint density at radius 3 is 2.58 bits per heavy atom. The van der Waals surface area contributed by atoms with E-state index in [4.69, 9.17) is 16.3 Å². The van der Waals surface area contributed by atoms with Crippen LogP contribution in [0.4, 0.5) is 0 Å². The van der Waals surface area contributed by atoms with Gasteiger partial charge in [-0.1, -0.05) is 54.1 Å². The number of fused-ring (bicyclic) bond motifs is 1. The first-order chi connectivity index (χ1) is 9.25. The minimum Gasteiger partial charge on any atom is -0.482 e. The second-order valence-corrected chi connectivity index (χ2v) is 4.85. The van der Waals surface area contributed by atoms with Gasteiger partial charge in [-0.05, 0) is 29.3 Å². The lowest BCUT2D eigenvalue weighted by molar-refractivity contribution is 0.0624. The molecule has 2 atom stereocenters. The molecule has 0 aliphatic heterocycles. The fourth-order valence-electron chi connectivity index (χ4n) is 2.20. The van der Waals surface area contributed by atoms with Gasteiger partial charge in [-0.3, -0.25) is 0 Å². The Bertz CT molecular complexity index is 622. The van der Waals surface area contributed by atoms with Crippen LogP contribution in [-0.4, -0.2) is 11.2 Å². The van der Waals surface area contributed by atoms with Crippen molar-refractivity contribution in [1.29, 1.82) is 0 Å². The van der Waals surface area contributed by atoms with Crippen LogP contribution in [0, 0.1) is 0 Å². The average Bonchev–Trinajstić information content (AvgIpc) is 2.44. The smallest absolute Gasteiger partial charge is 0.147 e. The summed E-state index contributed by atoms with van der Waals surface area (Å²) in [4.78, 5) is 0. The second-order valence-electron chi connectivity index (χ2n) is 4.45. The van der Waals surface area contributed by atoms with Gasteiger partial charge >= 0.3 is 0 Å². The van der Waals surface area contributed by atoms with E-state index in [0.717, 1.165) is 11.1 Å². The van der Waals surface area contributed by atoms with Crippen LogP contribution in [0.2, 0.25) is 5.02 Å². The molecule has 0 saturated heterocycles. The van der Waals surface area contributed by atoms with Crippen molar-refractivity contribution in [1.82, 2.24) is 0 Å². The second kappa shape index (κ2) is 5.08. The maximum Gasteiger partial charge on any atom is 0.147 e. The van der Waals surface area contributed by atoms with E-state index in [-0.39, 0.29) is 0 Å². The highest BCUT2D eigenvalue weighted by Gasteiger charge is 2.25. The van der Waals surface area contributed by atoms with Crippen molar-refractivity contribution in [2.24, 2.45) is 0 Å². The van der Waals surface area contributed by atoms with Crippen molar-refractivity contribution in [3.8, 4) is 5.75 Å². The minimum absolute atomic E-state index is 0.421. The van der Waals surface area contributed by atoms with E-state index in [1.165, 1.54) is 0 Å². The third-order valence-corrected chi connectivity index (χ3v) is 3.50. The molecule has 0 unspecified atom stereocenters. The third-order valence-electron chi connectivity index (χ3n) is 3.19. The number of hydrogen-bond acceptors (Lipinski definition) is 2. The molecule has 1 aliphatic rings. The summed E-state index contributed by atoms with van der Waals surface area (Å²) in [6.45, 7) is 0. The molecule has 1 N–H and O–H groups in total. The zero-order chi connectivity index (χ0) is 13.2. The van der Waals surface area contributed by atoms with Crippen LogP contribution in [-0.2, 0) is 0 Å². The Balaban J connectivity index is 1.87. The van der Waals surface area contributed by atoms with Crippen LogP contribution in [0.25, 0.3) is 6.08 Å². The summed E-state index contributed by atoms with van der Waals surface area (Å²) in [6.07, 6.45) is 2.71. The zero-order valence-corrected chi connectivity index (χ0v) is 10.9. The SMILES string of the molecule is O[C@@H]1c2ccccc2C=C[C@H]1Oc1ccccc1Cl. The summed E-state index contributed by atoms with van der Waals surface area (Å²) in [5.74, 6) is 0.581. The van der Waals surface area contributed by atoms with Gasteiger partial charge in [0.15, 0.2) is 0 Å². The fourth-order valence-corrected chi connectivity index (χ4v) is 2.38. The molecule has 0 amide bonds. The molecule has 2 aromatic rings. The van der Waals surface area contributed by atoms with Gasteiger partial charge in [0.25, 0.3) is 0 Å². The van der Waals surface area contributed by atoms with Gasteiger partial charge in [0.1, 0.15) is 18.0 Å². The number of ether oxygens (including phenoxy) is 1. The van der Waals surface area contributed by atoms with E-state index in [9.17, 15) is 5.11 Å². The van der Waals surface area contributed by atoms with Crippen LogP contribution in [0.3, 0.4) is 0 Å². The maximum absolute atomic E-state index is 10.4. The van der Waals surface area contributed by atoms with Crippen LogP contribution in [0.15, 0.2) is 54.6 Å². The maximum atomic E-state index is 10.4. The van der Waals surface area contributed by atoms with Crippen molar-refractivity contribution in [2.75, 3.05) is 0 Å². The average molecular weight is 273 g/mol. The van der Waals surface area contributed by atoms with Gasteiger partial charge in [-0.25, -0.2) is 0 Å². The van der Waals surface area contributed by atoms with Gasteiger partial charge < -0.3 is 9.84 Å². The molecule has 0 radical (unpaired) electrons. The zero-order valence-electron chi connectivity index (χ0n) is 10.2. The molecule has 19 heavy (non-hydrogen) atoms. The molecule has 3 heteroatoms. The molecular weight excluding hydrogens is 260 g/mol. The van der Waals surface area contributed by atoms with Gasteiger partial charge in [0.2, 0.25) is 0 Å². The predicted octanol–water partition coefficient (Wildman–Crippen LogP) is 3.85. The van der Waals surface area contributed by atoms with Gasteiger partial charge in [-0.2, -0.15) is 0 Å². The normalized spacial score (nSPS) is 20.9. The Hall–Kier alpha value is -1.77. The van der Waals surface area contributed by atoms with Gasteiger partial charge in [0, 0.05) is 0 Å². The van der Waals surface area contributed by atoms with Gasteiger partial charge in [0.05, 0.1) is 5.02 Å². The number of aliphatic hydroxyl groups is 1. The molecule has 96 valence electrons. The lowest BCUT2D eigenvalue weighted by Gasteiger charge is -2.26. The van der Waals surface area contributed by atoms with E-state index < -0.39 is 12.2 Å². The first-order valence-corrected chi connectivity index (χ1v) is 6.50. The van der Waals surface area contributed by atoms with Crippen LogP contribution in [0.5, 0.6) is 5.75 Å². The van der Waals surface area contributed by atoms with E-state index >= 15 is 0 Å². The summed E-state index contributed by atoms with van der Waals surface area (Å²) in [5.41, 5.74) is 1.90. The molecule has 3 rings (SSSR count). The number of halogens is 1. The molecule has 1 aliphatic carbocycles. The number of hydrogen-bond donors (Lipinski definition) is 1. The van der Waals surface area contributed by atoms with Gasteiger partial charge in [-0.15, -0.1) is 0 Å². The van der Waals surface area contributed by atoms with E-state index in [1.54, 1.807) is 12.1 Å². The quantitative estimate of drug-likeness (QED) is 0.900. The van der Waals surface area contributed by atoms with E-state index in [0.29, 0.717) is 10.8 Å². The standard InChI is InChI=1S/C16H13ClO2/c17-13-7-3-4-8-14(13)19-15-10-9-11-5-1-2-6-12(11)16(15)18/h1-10,15-16,18H/t15-,16-/m1/s1. The van der Waals surface area contributed by atoms with E-state index in [2.05, 4.69) is 0 Å². The lowest BCUT2D eigenvalue weighted by Crippen LogP contribution is -2.26. The van der Waals surface area contributed by atoms with Crippen molar-refractivity contribution >= 4 is 17.7 Å². The highest BCUT2D eigenvalue weighted by molar-refractivity contribution is 6.32. The highest BCUT2D eigenvalue weighted by atomic mass is 35.5. The van der Waals surface area contributed by atoms with Crippen molar-refractivity contribution in [3.63, 3.8) is 0 Å². The molecule has 2 nitrogen and oxygen atoms in total. The minimum atomic E-state index is -0.683. The summed E-state index contributed by atoms with van der Waals surface area (Å²) in [5, 5.41) is 10.9. The van der Waals surface area contributed by atoms with E-state index in [1.807, 2.05) is 48.6 Å². The Labute approximate surface area is 116 Å². The summed E-state index contributed by atoms with van der Waals surface area (Å²) in [7, 11) is 0. The monoisotopic (exact) mass is 272 g/mol. The predicted molar refractivity (Wildman–Crippen MR) is 76.3 cm³/mol. The summed E-state index contributed by atoms with van der Waals surface area (Å²) < 4.78 is 5.79. The third kappa shape index (κ3) is 2.37. The first-order valence-electron chi connectivity index (χ1n) is 6.12. The fraction of sp³-hybridized carbons (Fsp3) is 0.125. The number of rotatable bonds is 2. The number of para-hydroxylation sites is 1. The number of aliphatic hydroxyl groups excluding tert-OH is 1. The Kier molecular flexibility index (Phi) is 3.28. The van der Waals surface area contributed by atoms with Crippen molar-refractivity contribution < 1.29 is 9.84 Å². The Morgan fingerprint density at radius 2 is 1.74 bits per heavy atom. The van der Waals surface area contributed by atoms with Crippen LogP contribution >= 0.6 is 11.6 Å². The molecule has 0 spiro atoms. The molecule has 0 bridgehead atoms. The van der Waals surface area contributed by atoms with Crippen LogP contribution < -0.4 is 4.74 Å².